The molecule has 21 rings (SSSR count). The summed E-state index contributed by atoms with van der Waals surface area (Å²) in [6, 6.07) is 134. The monoisotopic (exact) mass is 2290 g/mol. The number of pyridine rings is 6. The smallest absolute Gasteiger partial charge is 0.380 e. The first-order valence-electron chi connectivity index (χ1n) is 46.0. The van der Waals surface area contributed by atoms with Gasteiger partial charge in [-0.1, -0.05) is 290 Å². The molecule has 0 saturated carbocycles. The molecule has 21 aromatic rings. The van der Waals surface area contributed by atoms with Gasteiger partial charge in [0.15, 0.2) is 0 Å². The van der Waals surface area contributed by atoms with Crippen molar-refractivity contribution in [1.29, 1.82) is 0 Å². The molecule has 0 bridgehead atoms. The second kappa shape index (κ2) is 47.5. The van der Waals surface area contributed by atoms with Crippen LogP contribution in [0.5, 0.6) is 0 Å². The summed E-state index contributed by atoms with van der Waals surface area (Å²) in [5.41, 5.74) is 33.6. The Morgan fingerprint density at radius 1 is 0.326 bits per heavy atom. The van der Waals surface area contributed by atoms with E-state index in [1.807, 2.05) is 169 Å². The van der Waals surface area contributed by atoms with Gasteiger partial charge < -0.3 is 43.2 Å². The van der Waals surface area contributed by atoms with Gasteiger partial charge in [0.1, 0.15) is 0 Å². The summed E-state index contributed by atoms with van der Waals surface area (Å²) in [7, 11) is 4.19. The van der Waals surface area contributed by atoms with Crippen molar-refractivity contribution >= 4 is 65.4 Å². The van der Waals surface area contributed by atoms with Gasteiger partial charge >= 0.3 is 20.1 Å². The average Bonchev–Trinajstić information content (AvgIpc) is 1.61. The first kappa shape index (κ1) is 99.1. The average molecular weight is 2290 g/mol. The van der Waals surface area contributed by atoms with Gasteiger partial charge in [-0.15, -0.1) is 161 Å². The van der Waals surface area contributed by atoms with E-state index in [-0.39, 0.29) is 60.3 Å². The van der Waals surface area contributed by atoms with Crippen LogP contribution in [-0.2, 0) is 99.2 Å². The van der Waals surface area contributed by atoms with Gasteiger partial charge in [0, 0.05) is 126 Å². The van der Waals surface area contributed by atoms with Crippen molar-refractivity contribution < 1.29 is 64.9 Å². The van der Waals surface area contributed by atoms with E-state index in [0.717, 1.165) is 112 Å². The molecule has 0 N–H and O–H groups in total. The molecule has 0 saturated heterocycles. The van der Waals surface area contributed by atoms with Gasteiger partial charge in [-0.25, -0.2) is 0 Å². The van der Waals surface area contributed by atoms with Crippen molar-refractivity contribution in [2.24, 2.45) is 17.8 Å². The Labute approximate surface area is 837 Å². The Kier molecular flexibility index (Phi) is 34.9. The van der Waals surface area contributed by atoms with Crippen LogP contribution in [0.4, 0.5) is 0 Å². The quantitative estimate of drug-likeness (QED) is 0.0631. The first-order chi connectivity index (χ1) is 64.6. The van der Waals surface area contributed by atoms with Crippen LogP contribution in [0.2, 0.25) is 0 Å². The van der Waals surface area contributed by atoms with E-state index >= 15 is 0 Å². The van der Waals surface area contributed by atoms with Crippen molar-refractivity contribution in [1.82, 2.24) is 38.6 Å². The Morgan fingerprint density at radius 3 is 1.26 bits per heavy atom. The number of rotatable bonds is 18. The summed E-state index contributed by atoms with van der Waals surface area (Å²) < 4.78 is 9.22. The zero-order chi connectivity index (χ0) is 91.4. The molecule has 678 valence electrons. The summed E-state index contributed by atoms with van der Waals surface area (Å²) in [5.74, 6) is 1.77. The van der Waals surface area contributed by atoms with Gasteiger partial charge in [-0.2, -0.15) is 18.6 Å². The molecule has 12 heteroatoms. The molecule has 0 amide bonds. The fourth-order valence-corrected chi connectivity index (χ4v) is 17.4. The summed E-state index contributed by atoms with van der Waals surface area (Å²) in [6.45, 7) is 29.4. The van der Waals surface area contributed by atoms with Crippen LogP contribution >= 0.6 is 0 Å². The summed E-state index contributed by atoms with van der Waals surface area (Å²) in [4.78, 5) is 22.7. The summed E-state index contributed by atoms with van der Waals surface area (Å²) in [6.07, 6.45) is 14.6. The molecular formula is C123H111Ir3N9-3. The molecule has 9 aromatic heterocycles. The molecule has 0 atom stereocenters. The zero-order valence-electron chi connectivity index (χ0n) is 78.2. The fourth-order valence-electron chi connectivity index (χ4n) is 17.4. The minimum Gasteiger partial charge on any atom is -0.380 e. The number of benzene rings is 12. The number of para-hydroxylation sites is 3. The van der Waals surface area contributed by atoms with Crippen molar-refractivity contribution in [2.75, 3.05) is 0 Å². The number of fused-ring (bicyclic) bond motifs is 9. The SMILES string of the molecule is CC(C)Cn1c2c[c-]c(-c3ccccn3)cc2c2ccccc21.CC(C)Cn1c2ccccc2c2c[c-]c(-c3ccccn3)cc21.CCc1cc(-c2[c-]cccc2)ncc1-c1ccccc1.CCc1cc(-c2[c-]cccc2)ncc1-c1ccccc1.Cc1ccnc(-c2[c-]ccc3c4ccccc4n(CC(C)C)c23)c1.[CH2-]c1ccccc1-c1cc(CC)c(-c2ccccc2)c[n+]1[CH2-].[Ir+3].[Ir].[Ir]. The molecule has 0 fully saturated rings. The van der Waals surface area contributed by atoms with Gasteiger partial charge in [0.05, 0.1) is 11.9 Å². The maximum Gasteiger partial charge on any atom is 3.00 e. The van der Waals surface area contributed by atoms with E-state index in [4.69, 9.17) is 0 Å². The largest absolute Gasteiger partial charge is 3.00 e. The van der Waals surface area contributed by atoms with Crippen LogP contribution in [-0.4, -0.2) is 38.6 Å². The summed E-state index contributed by atoms with van der Waals surface area (Å²) in [5, 5.41) is 7.72. The van der Waals surface area contributed by atoms with Gasteiger partial charge in [-0.3, -0.25) is 0 Å². The number of nitrogens with zero attached hydrogens (tertiary/aromatic N) is 9. The van der Waals surface area contributed by atoms with Crippen molar-refractivity contribution in [3.63, 3.8) is 0 Å². The predicted molar refractivity (Wildman–Crippen MR) is 553 cm³/mol. The fraction of sp³-hybridized carbons (Fsp3) is 0.154. The van der Waals surface area contributed by atoms with Crippen LogP contribution in [0.25, 0.3) is 166 Å². The second-order valence-electron chi connectivity index (χ2n) is 34.5. The number of aryl methyl sites for hydroxylation is 4. The molecule has 0 aliphatic rings. The van der Waals surface area contributed by atoms with Crippen LogP contribution in [0.15, 0.2) is 377 Å². The molecule has 135 heavy (non-hydrogen) atoms. The second-order valence-corrected chi connectivity index (χ2v) is 34.5. The van der Waals surface area contributed by atoms with E-state index < -0.39 is 0 Å². The van der Waals surface area contributed by atoms with E-state index in [2.05, 4.69) is 365 Å². The van der Waals surface area contributed by atoms with Crippen molar-refractivity contribution in [2.45, 2.75) is 108 Å². The molecule has 2 radical (unpaired) electrons. The molecule has 0 aliphatic heterocycles. The minimum absolute atomic E-state index is 0. The number of aromatic nitrogens is 9. The predicted octanol–water partition coefficient (Wildman–Crippen LogP) is 30.5. The van der Waals surface area contributed by atoms with Gasteiger partial charge in [0.2, 0.25) is 0 Å². The van der Waals surface area contributed by atoms with Crippen molar-refractivity contribution in [3.8, 4) is 101 Å². The van der Waals surface area contributed by atoms with Crippen LogP contribution in [0.1, 0.15) is 90.1 Å². The standard InChI is InChI=1S/C22H21N2.2C21H19N2.C21H20N.2C19H16N.3Ir/c1-15(2)14-24-21-10-5-4-7-17(21)18-8-6-9-19(22(18)24)20-13-16(3)11-12-23-20;1-15(2)14-23-20-9-4-3-7-17(20)18-13-16(10-11-21(18)23)19-8-5-6-12-22-19;1-15(2)14-23-20-9-4-3-7-17(20)18-11-10-16(13-21(18)23)19-8-5-6-12-22-19;1-4-17-14-21(19-13-9-8-10-16(19)2)22(3)15-20(17)18-11-6-5-7-12-18;2*1-2-15-13-19(17-11-7-4-8-12-17)20-14-18(15)16-9-5-3-6-10-16;;;/h4-8,10-13,15H,14H2,1-3H3;2*3-9,11-13,15H,14H2,1-2H3;5-15H,2-4H2,1H3;2*3-11,13-14H,2H2,1H3;;;/q6*-1;;;+3. The van der Waals surface area contributed by atoms with Crippen molar-refractivity contribution in [3.05, 3.63) is 449 Å². The van der Waals surface area contributed by atoms with Crippen LogP contribution < -0.4 is 4.57 Å². The number of hydrogen-bond donors (Lipinski definition) is 0. The molecule has 0 unspecified atom stereocenters. The zero-order valence-corrected chi connectivity index (χ0v) is 85.4. The van der Waals surface area contributed by atoms with E-state index in [1.165, 1.54) is 121 Å². The third kappa shape index (κ3) is 23.5. The molecular weight excluding hydrogens is 2180 g/mol. The molecule has 0 spiro atoms. The Balaban J connectivity index is 0.000000137. The maximum absolute atomic E-state index is 4.61. The topological polar surface area (TPSA) is 83.1 Å². The first-order valence-corrected chi connectivity index (χ1v) is 46.0. The van der Waals surface area contributed by atoms with Crippen LogP contribution in [0.3, 0.4) is 0 Å². The molecule has 12 aromatic carbocycles. The third-order valence-electron chi connectivity index (χ3n) is 23.7. The normalized spacial score (nSPS) is 10.9. The third-order valence-corrected chi connectivity index (χ3v) is 23.7. The molecule has 9 nitrogen and oxygen atoms in total. The maximum atomic E-state index is 4.61. The Morgan fingerprint density at radius 2 is 0.763 bits per heavy atom. The van der Waals surface area contributed by atoms with E-state index in [1.54, 1.807) is 0 Å². The summed E-state index contributed by atoms with van der Waals surface area (Å²) >= 11 is 0. The molecule has 9 heterocycles. The van der Waals surface area contributed by atoms with Gasteiger partial charge in [0.25, 0.3) is 0 Å². The Hall–Kier alpha value is -13.4. The number of hydrogen-bond acceptors (Lipinski definition) is 5. The van der Waals surface area contributed by atoms with E-state index in [9.17, 15) is 0 Å². The van der Waals surface area contributed by atoms with Gasteiger partial charge in [-0.05, 0) is 175 Å². The molecule has 0 aliphatic carbocycles. The van der Waals surface area contributed by atoms with E-state index in [0.29, 0.717) is 17.8 Å². The minimum atomic E-state index is 0. The Bertz CT molecular complexity index is 7290. The van der Waals surface area contributed by atoms with Crippen LogP contribution in [0, 0.1) is 69.0 Å².